The van der Waals surface area contributed by atoms with Gasteiger partial charge in [0.15, 0.2) is 0 Å². The third-order valence-corrected chi connectivity index (χ3v) is 3.58. The first-order valence-electron chi connectivity index (χ1n) is 8.03. The van der Waals surface area contributed by atoms with E-state index in [9.17, 15) is 9.90 Å². The van der Waals surface area contributed by atoms with Gasteiger partial charge in [0.05, 0.1) is 11.8 Å². The molecule has 0 unspecified atom stereocenters. The van der Waals surface area contributed by atoms with Crippen molar-refractivity contribution in [1.29, 1.82) is 0 Å². The predicted octanol–water partition coefficient (Wildman–Crippen LogP) is 2.91. The van der Waals surface area contributed by atoms with Crippen LogP contribution < -0.4 is 4.74 Å². The molecule has 1 aliphatic heterocycles. The minimum Gasteiger partial charge on any atom is -0.490 e. The lowest BCUT2D eigenvalue weighted by Gasteiger charge is -2.33. The highest BCUT2D eigenvalue weighted by Crippen LogP contribution is 2.22. The normalized spacial score (nSPS) is 17.7. The SMILES string of the molecule is C[C@@H](O)c1cc(OC2CCN(C(=O)OC(C)(C)C)CC2)ccn1. The van der Waals surface area contributed by atoms with Crippen molar-refractivity contribution in [1.82, 2.24) is 9.88 Å². The molecule has 23 heavy (non-hydrogen) atoms. The van der Waals surface area contributed by atoms with Crippen LogP contribution in [0.3, 0.4) is 0 Å². The highest BCUT2D eigenvalue weighted by molar-refractivity contribution is 5.68. The van der Waals surface area contributed by atoms with Crippen molar-refractivity contribution in [3.8, 4) is 5.75 Å². The van der Waals surface area contributed by atoms with Gasteiger partial charge in [0.1, 0.15) is 17.5 Å². The maximum atomic E-state index is 12.0. The van der Waals surface area contributed by atoms with Crippen LogP contribution in [0.5, 0.6) is 5.75 Å². The van der Waals surface area contributed by atoms with E-state index in [1.165, 1.54) is 0 Å². The third kappa shape index (κ3) is 5.39. The predicted molar refractivity (Wildman–Crippen MR) is 86.3 cm³/mol. The Kier molecular flexibility index (Phi) is 5.46. The molecule has 0 aromatic carbocycles. The van der Waals surface area contributed by atoms with Crippen LogP contribution in [0.25, 0.3) is 0 Å². The number of carbonyl (C=O) groups excluding carboxylic acids is 1. The first-order valence-corrected chi connectivity index (χ1v) is 8.03. The maximum absolute atomic E-state index is 12.0. The average molecular weight is 322 g/mol. The molecule has 1 atom stereocenters. The topological polar surface area (TPSA) is 71.9 Å². The number of piperidine rings is 1. The fourth-order valence-electron chi connectivity index (χ4n) is 2.40. The molecular weight excluding hydrogens is 296 g/mol. The van der Waals surface area contributed by atoms with E-state index in [0.717, 1.165) is 12.8 Å². The lowest BCUT2D eigenvalue weighted by molar-refractivity contribution is 0.0126. The van der Waals surface area contributed by atoms with Crippen molar-refractivity contribution >= 4 is 6.09 Å². The quantitative estimate of drug-likeness (QED) is 0.926. The fraction of sp³-hybridized carbons (Fsp3) is 0.647. The van der Waals surface area contributed by atoms with Gasteiger partial charge in [0.2, 0.25) is 0 Å². The highest BCUT2D eigenvalue weighted by Gasteiger charge is 2.27. The molecule has 128 valence electrons. The molecule has 0 spiro atoms. The number of amides is 1. The third-order valence-electron chi connectivity index (χ3n) is 3.58. The number of carbonyl (C=O) groups is 1. The minimum absolute atomic E-state index is 0.0536. The number of hydrogen-bond acceptors (Lipinski definition) is 5. The second kappa shape index (κ2) is 7.17. The molecule has 1 N–H and O–H groups in total. The number of aromatic nitrogens is 1. The number of hydrogen-bond donors (Lipinski definition) is 1. The van der Waals surface area contributed by atoms with Crippen LogP contribution in [-0.4, -0.2) is 45.9 Å². The van der Waals surface area contributed by atoms with E-state index < -0.39 is 11.7 Å². The van der Waals surface area contributed by atoms with Crippen molar-refractivity contribution in [2.75, 3.05) is 13.1 Å². The number of ether oxygens (including phenoxy) is 2. The summed E-state index contributed by atoms with van der Waals surface area (Å²) in [5, 5.41) is 9.57. The van der Waals surface area contributed by atoms with E-state index >= 15 is 0 Å². The zero-order valence-corrected chi connectivity index (χ0v) is 14.3. The van der Waals surface area contributed by atoms with Gasteiger partial charge in [-0.2, -0.15) is 0 Å². The Hall–Kier alpha value is -1.82. The summed E-state index contributed by atoms with van der Waals surface area (Å²) < 4.78 is 11.3. The van der Waals surface area contributed by atoms with Crippen LogP contribution >= 0.6 is 0 Å². The molecule has 2 heterocycles. The van der Waals surface area contributed by atoms with E-state index in [-0.39, 0.29) is 12.2 Å². The summed E-state index contributed by atoms with van der Waals surface area (Å²) in [5.74, 6) is 0.701. The second-order valence-electron chi connectivity index (χ2n) is 6.88. The molecule has 2 rings (SSSR count). The van der Waals surface area contributed by atoms with Crippen LogP contribution in [0, 0.1) is 0 Å². The molecule has 6 heteroatoms. The standard InChI is InChI=1S/C17H26N2O4/c1-12(20)15-11-14(5-8-18-15)22-13-6-9-19(10-7-13)16(21)23-17(2,3)4/h5,8,11-13,20H,6-7,9-10H2,1-4H3/t12-/m1/s1. The Balaban J connectivity index is 1.85. The van der Waals surface area contributed by atoms with Crippen molar-refractivity contribution in [2.45, 2.75) is 58.3 Å². The summed E-state index contributed by atoms with van der Waals surface area (Å²) >= 11 is 0. The van der Waals surface area contributed by atoms with E-state index in [1.807, 2.05) is 20.8 Å². The highest BCUT2D eigenvalue weighted by atomic mass is 16.6. The van der Waals surface area contributed by atoms with Crippen molar-refractivity contribution < 1.29 is 19.4 Å². The van der Waals surface area contributed by atoms with Crippen LogP contribution in [0.4, 0.5) is 4.79 Å². The minimum atomic E-state index is -0.618. The number of aliphatic hydroxyl groups is 1. The number of nitrogens with zero attached hydrogens (tertiary/aromatic N) is 2. The maximum Gasteiger partial charge on any atom is 0.410 e. The Labute approximate surface area is 137 Å². The monoisotopic (exact) mass is 322 g/mol. The lowest BCUT2D eigenvalue weighted by Crippen LogP contribution is -2.44. The Bertz CT molecular complexity index is 532. The molecule has 1 fully saturated rings. The van der Waals surface area contributed by atoms with Gasteiger partial charge in [-0.1, -0.05) is 0 Å². The van der Waals surface area contributed by atoms with Crippen molar-refractivity contribution in [2.24, 2.45) is 0 Å². The molecule has 0 aliphatic carbocycles. The van der Waals surface area contributed by atoms with E-state index in [4.69, 9.17) is 9.47 Å². The molecule has 1 aliphatic rings. The summed E-state index contributed by atoms with van der Waals surface area (Å²) in [4.78, 5) is 17.8. The van der Waals surface area contributed by atoms with Gasteiger partial charge in [-0.25, -0.2) is 4.79 Å². The summed E-state index contributed by atoms with van der Waals surface area (Å²) in [7, 11) is 0. The van der Waals surface area contributed by atoms with Gasteiger partial charge in [-0.05, 0) is 33.8 Å². The average Bonchev–Trinajstić information content (AvgIpc) is 2.46. The summed E-state index contributed by atoms with van der Waals surface area (Å²) in [6, 6.07) is 3.54. The van der Waals surface area contributed by atoms with Gasteiger partial charge < -0.3 is 19.5 Å². The Morgan fingerprint density at radius 3 is 2.61 bits per heavy atom. The molecule has 6 nitrogen and oxygen atoms in total. The Morgan fingerprint density at radius 2 is 2.04 bits per heavy atom. The van der Waals surface area contributed by atoms with Gasteiger partial charge in [-0.15, -0.1) is 0 Å². The first-order chi connectivity index (χ1) is 10.7. The van der Waals surface area contributed by atoms with Crippen LogP contribution in [-0.2, 0) is 4.74 Å². The Morgan fingerprint density at radius 1 is 1.39 bits per heavy atom. The van der Waals surface area contributed by atoms with Crippen LogP contribution in [0.2, 0.25) is 0 Å². The molecule has 0 saturated carbocycles. The van der Waals surface area contributed by atoms with E-state index in [2.05, 4.69) is 4.98 Å². The van der Waals surface area contributed by atoms with Crippen LogP contribution in [0.1, 0.15) is 52.3 Å². The number of likely N-dealkylation sites (tertiary alicyclic amines) is 1. The van der Waals surface area contributed by atoms with E-state index in [1.54, 1.807) is 30.2 Å². The largest absolute Gasteiger partial charge is 0.490 e. The van der Waals surface area contributed by atoms with Crippen molar-refractivity contribution in [3.05, 3.63) is 24.0 Å². The van der Waals surface area contributed by atoms with Crippen LogP contribution in [0.15, 0.2) is 18.3 Å². The number of rotatable bonds is 3. The van der Waals surface area contributed by atoms with Gasteiger partial charge in [-0.3, -0.25) is 4.98 Å². The smallest absolute Gasteiger partial charge is 0.410 e. The van der Waals surface area contributed by atoms with Crippen molar-refractivity contribution in [3.63, 3.8) is 0 Å². The number of pyridine rings is 1. The molecule has 0 bridgehead atoms. The molecular formula is C17H26N2O4. The van der Waals surface area contributed by atoms with Gasteiger partial charge >= 0.3 is 6.09 Å². The van der Waals surface area contributed by atoms with Gasteiger partial charge in [0, 0.05) is 38.2 Å². The summed E-state index contributed by atoms with van der Waals surface area (Å²) in [6.07, 6.45) is 2.31. The zero-order valence-electron chi connectivity index (χ0n) is 14.3. The summed E-state index contributed by atoms with van der Waals surface area (Å²) in [5.41, 5.74) is 0.118. The van der Waals surface area contributed by atoms with E-state index in [0.29, 0.717) is 24.5 Å². The fourth-order valence-corrected chi connectivity index (χ4v) is 2.40. The summed E-state index contributed by atoms with van der Waals surface area (Å²) in [6.45, 7) is 8.51. The molecule has 1 aromatic rings. The second-order valence-corrected chi connectivity index (χ2v) is 6.88. The first kappa shape index (κ1) is 17.5. The molecule has 1 aromatic heterocycles. The molecule has 1 amide bonds. The lowest BCUT2D eigenvalue weighted by atomic mass is 10.1. The zero-order chi connectivity index (χ0) is 17.0. The molecule has 1 saturated heterocycles. The molecule has 0 radical (unpaired) electrons. The number of aliphatic hydroxyl groups excluding tert-OH is 1. The van der Waals surface area contributed by atoms with Gasteiger partial charge in [0.25, 0.3) is 0 Å².